The Hall–Kier alpha value is -2.73. The van der Waals surface area contributed by atoms with Crippen LogP contribution in [0.2, 0.25) is 0 Å². The molecule has 0 amide bonds. The summed E-state index contributed by atoms with van der Waals surface area (Å²) in [6, 6.07) is 19.7. The van der Waals surface area contributed by atoms with Crippen LogP contribution in [0.15, 0.2) is 66.1 Å². The smallest absolute Gasteiger partial charge is 0.205 e. The van der Waals surface area contributed by atoms with Gasteiger partial charge in [-0.15, -0.1) is 0 Å². The van der Waals surface area contributed by atoms with Gasteiger partial charge in [-0.3, -0.25) is 0 Å². The van der Waals surface area contributed by atoms with Crippen molar-refractivity contribution in [2.75, 3.05) is 0 Å². The number of nitrogens with zero attached hydrogens (tertiary/aromatic N) is 1. The summed E-state index contributed by atoms with van der Waals surface area (Å²) in [4.78, 5) is 0. The van der Waals surface area contributed by atoms with Gasteiger partial charge in [-0.05, 0) is 11.6 Å². The summed E-state index contributed by atoms with van der Waals surface area (Å²) >= 11 is 0. The normalized spacial score (nSPS) is 17.3. The largest absolute Gasteiger partial charge is 0.440 e. The molecular weight excluding hydrogens is 236 g/mol. The van der Waals surface area contributed by atoms with Crippen molar-refractivity contribution < 1.29 is 4.74 Å². The predicted molar refractivity (Wildman–Crippen MR) is 72.2 cm³/mol. The Bertz CT molecular complexity index is 683. The van der Waals surface area contributed by atoms with Crippen LogP contribution >= 0.6 is 0 Å². The molecule has 2 aromatic carbocycles. The third-order valence-corrected chi connectivity index (χ3v) is 3.26. The van der Waals surface area contributed by atoms with Gasteiger partial charge in [0.25, 0.3) is 0 Å². The maximum Gasteiger partial charge on any atom is 0.205 e. The highest BCUT2D eigenvalue weighted by atomic mass is 16.5. The van der Waals surface area contributed by atoms with E-state index in [2.05, 4.69) is 6.07 Å². The maximum atomic E-state index is 9.35. The second-order valence-corrected chi connectivity index (χ2v) is 4.37. The molecule has 0 aromatic heterocycles. The zero-order chi connectivity index (χ0) is 13.2. The molecule has 3 heteroatoms. The van der Waals surface area contributed by atoms with E-state index in [-0.39, 0.29) is 11.8 Å². The molecule has 1 heterocycles. The number of hydrogen-bond acceptors (Lipinski definition) is 3. The van der Waals surface area contributed by atoms with Crippen LogP contribution in [0.5, 0.6) is 5.75 Å². The SMILES string of the molecule is N#CC1=C(N)Oc2ccccc2C1c1ccccc1. The number of benzene rings is 2. The first kappa shape index (κ1) is 11.4. The van der Waals surface area contributed by atoms with Crippen LogP contribution in [-0.4, -0.2) is 0 Å². The van der Waals surface area contributed by atoms with Gasteiger partial charge in [0.2, 0.25) is 5.88 Å². The predicted octanol–water partition coefficient (Wildman–Crippen LogP) is 2.90. The van der Waals surface area contributed by atoms with Gasteiger partial charge in [-0.25, -0.2) is 0 Å². The van der Waals surface area contributed by atoms with E-state index in [4.69, 9.17) is 10.5 Å². The van der Waals surface area contributed by atoms with E-state index in [1.54, 1.807) is 0 Å². The number of fused-ring (bicyclic) bond motifs is 1. The summed E-state index contributed by atoms with van der Waals surface area (Å²) in [6.45, 7) is 0. The molecule has 0 fully saturated rings. The van der Waals surface area contributed by atoms with Gasteiger partial charge >= 0.3 is 0 Å². The third kappa shape index (κ3) is 1.84. The molecule has 1 aliphatic heterocycles. The van der Waals surface area contributed by atoms with E-state index in [1.165, 1.54) is 0 Å². The Morgan fingerprint density at radius 2 is 1.68 bits per heavy atom. The van der Waals surface area contributed by atoms with Gasteiger partial charge in [-0.2, -0.15) is 5.26 Å². The lowest BCUT2D eigenvalue weighted by Gasteiger charge is -2.26. The minimum atomic E-state index is -0.156. The van der Waals surface area contributed by atoms with Gasteiger partial charge in [0.05, 0.1) is 5.92 Å². The van der Waals surface area contributed by atoms with E-state index in [1.807, 2.05) is 54.6 Å². The first-order valence-corrected chi connectivity index (χ1v) is 6.02. The van der Waals surface area contributed by atoms with Crippen molar-refractivity contribution in [1.82, 2.24) is 0 Å². The number of rotatable bonds is 1. The first-order chi connectivity index (χ1) is 9.31. The zero-order valence-electron chi connectivity index (χ0n) is 10.2. The number of allylic oxidation sites excluding steroid dienone is 1. The van der Waals surface area contributed by atoms with Crippen molar-refractivity contribution in [3.63, 3.8) is 0 Å². The summed E-state index contributed by atoms with van der Waals surface area (Å²) in [5.74, 6) is 0.749. The summed E-state index contributed by atoms with van der Waals surface area (Å²) in [5.41, 5.74) is 8.34. The zero-order valence-corrected chi connectivity index (χ0v) is 10.2. The van der Waals surface area contributed by atoms with Crippen molar-refractivity contribution in [2.45, 2.75) is 5.92 Å². The molecule has 0 saturated heterocycles. The van der Waals surface area contributed by atoms with Crippen molar-refractivity contribution in [3.8, 4) is 11.8 Å². The Balaban J connectivity index is 2.23. The van der Waals surface area contributed by atoms with Gasteiger partial charge in [0, 0.05) is 5.56 Å². The van der Waals surface area contributed by atoms with Crippen molar-refractivity contribution in [1.29, 1.82) is 5.26 Å². The average molecular weight is 248 g/mol. The molecule has 2 aromatic rings. The van der Waals surface area contributed by atoms with E-state index >= 15 is 0 Å². The number of para-hydroxylation sites is 1. The lowest BCUT2D eigenvalue weighted by Crippen LogP contribution is -2.20. The van der Waals surface area contributed by atoms with Crippen LogP contribution in [-0.2, 0) is 0 Å². The number of nitrogens with two attached hydrogens (primary N) is 1. The van der Waals surface area contributed by atoms with Crippen molar-refractivity contribution >= 4 is 0 Å². The Labute approximate surface area is 111 Å². The Morgan fingerprint density at radius 1 is 1.00 bits per heavy atom. The van der Waals surface area contributed by atoms with Crippen LogP contribution in [0.3, 0.4) is 0 Å². The summed E-state index contributed by atoms with van der Waals surface area (Å²) < 4.78 is 5.52. The van der Waals surface area contributed by atoms with Gasteiger partial charge in [-0.1, -0.05) is 48.5 Å². The second-order valence-electron chi connectivity index (χ2n) is 4.37. The van der Waals surface area contributed by atoms with Gasteiger partial charge in [0.1, 0.15) is 17.4 Å². The monoisotopic (exact) mass is 248 g/mol. The fraction of sp³-hybridized carbons (Fsp3) is 0.0625. The molecule has 1 unspecified atom stereocenters. The molecule has 2 N–H and O–H groups in total. The average Bonchev–Trinajstić information content (AvgIpc) is 2.46. The molecule has 1 aliphatic rings. The van der Waals surface area contributed by atoms with Crippen molar-refractivity contribution in [3.05, 3.63) is 77.2 Å². The minimum Gasteiger partial charge on any atom is -0.440 e. The molecule has 3 nitrogen and oxygen atoms in total. The number of nitriles is 1. The fourth-order valence-electron chi connectivity index (χ4n) is 2.39. The molecule has 92 valence electrons. The lowest BCUT2D eigenvalue weighted by atomic mass is 9.84. The van der Waals surface area contributed by atoms with Crippen LogP contribution in [0.25, 0.3) is 0 Å². The van der Waals surface area contributed by atoms with Crippen LogP contribution < -0.4 is 10.5 Å². The lowest BCUT2D eigenvalue weighted by molar-refractivity contribution is 0.393. The summed E-state index contributed by atoms with van der Waals surface area (Å²) in [5, 5.41) is 9.35. The number of hydrogen-bond donors (Lipinski definition) is 1. The van der Waals surface area contributed by atoms with Gasteiger partial charge in [0.15, 0.2) is 0 Å². The molecule has 0 radical (unpaired) electrons. The van der Waals surface area contributed by atoms with E-state index in [0.29, 0.717) is 11.3 Å². The van der Waals surface area contributed by atoms with Crippen LogP contribution in [0.1, 0.15) is 17.0 Å². The topological polar surface area (TPSA) is 59.0 Å². The summed E-state index contributed by atoms with van der Waals surface area (Å²) in [7, 11) is 0. The first-order valence-electron chi connectivity index (χ1n) is 6.02. The Morgan fingerprint density at radius 3 is 2.42 bits per heavy atom. The standard InChI is InChI=1S/C16H12N2O/c17-10-13-15(11-6-2-1-3-7-11)12-8-4-5-9-14(12)19-16(13)18/h1-9,15H,18H2. The molecule has 0 aliphatic carbocycles. The molecule has 19 heavy (non-hydrogen) atoms. The number of ether oxygens (including phenoxy) is 1. The van der Waals surface area contributed by atoms with Crippen LogP contribution in [0.4, 0.5) is 0 Å². The molecule has 3 rings (SSSR count). The van der Waals surface area contributed by atoms with E-state index < -0.39 is 0 Å². The summed E-state index contributed by atoms with van der Waals surface area (Å²) in [6.07, 6.45) is 0. The molecule has 0 spiro atoms. The van der Waals surface area contributed by atoms with Gasteiger partial charge < -0.3 is 10.5 Å². The van der Waals surface area contributed by atoms with E-state index in [9.17, 15) is 5.26 Å². The highest BCUT2D eigenvalue weighted by molar-refractivity contribution is 5.55. The van der Waals surface area contributed by atoms with Crippen molar-refractivity contribution in [2.24, 2.45) is 5.73 Å². The third-order valence-electron chi connectivity index (χ3n) is 3.26. The molecular formula is C16H12N2O. The molecule has 0 bridgehead atoms. The Kier molecular flexibility index (Phi) is 2.70. The highest BCUT2D eigenvalue weighted by Crippen LogP contribution is 2.41. The maximum absolute atomic E-state index is 9.35. The highest BCUT2D eigenvalue weighted by Gasteiger charge is 2.29. The van der Waals surface area contributed by atoms with Crippen LogP contribution in [0, 0.1) is 11.3 Å². The van der Waals surface area contributed by atoms with E-state index in [0.717, 1.165) is 11.1 Å². The quantitative estimate of drug-likeness (QED) is 0.844. The minimum absolute atomic E-state index is 0.156. The molecule has 1 atom stereocenters. The second kappa shape index (κ2) is 4.51. The fourth-order valence-corrected chi connectivity index (χ4v) is 2.39. The molecule has 0 saturated carbocycles.